The van der Waals surface area contributed by atoms with Crippen molar-refractivity contribution in [3.05, 3.63) is 0 Å². The van der Waals surface area contributed by atoms with Crippen molar-refractivity contribution >= 4 is 14.4 Å². The molecule has 0 radical (unpaired) electrons. The van der Waals surface area contributed by atoms with Gasteiger partial charge in [0.2, 0.25) is 0 Å². The van der Waals surface area contributed by atoms with Crippen molar-refractivity contribution in [3.63, 3.8) is 0 Å². The molecule has 1 N–H and O–H groups in total. The van der Waals surface area contributed by atoms with E-state index >= 15 is 0 Å². The van der Waals surface area contributed by atoms with E-state index in [1.165, 1.54) is 0 Å². The Hall–Kier alpha value is -0.340. The van der Waals surface area contributed by atoms with Gasteiger partial charge in [0, 0.05) is 0 Å². The van der Waals surface area contributed by atoms with Crippen LogP contribution in [0.25, 0.3) is 0 Å². The summed E-state index contributed by atoms with van der Waals surface area (Å²) in [5, 5.41) is 2.84. The summed E-state index contributed by atoms with van der Waals surface area (Å²) in [6, 6.07) is -0.207. The van der Waals surface area contributed by atoms with Crippen LogP contribution in [0.15, 0.2) is 0 Å². The Labute approximate surface area is 60.1 Å². The highest BCUT2D eigenvalue weighted by molar-refractivity contribution is 7.23. The number of carbonyl (C=O) groups is 1. The number of ether oxygens (including phenoxy) is 1. The summed E-state index contributed by atoms with van der Waals surface area (Å²) in [5.74, 6) is -0.215. The fourth-order valence-electron chi connectivity index (χ4n) is 0.852. The van der Waals surface area contributed by atoms with Crippen molar-refractivity contribution in [3.8, 4) is 0 Å². The van der Waals surface area contributed by atoms with E-state index in [4.69, 9.17) is 0 Å². The summed E-state index contributed by atoms with van der Waals surface area (Å²) in [5.41, 5.74) is 0. The topological polar surface area (TPSA) is 55.4 Å². The molecule has 2 unspecified atom stereocenters. The Bertz CT molecular complexity index is 150. The molecule has 0 saturated carbocycles. The number of carbonyl (C=O) groups excluding carboxylic acids is 1. The Kier molecular flexibility index (Phi) is 2.90. The van der Waals surface area contributed by atoms with E-state index in [2.05, 4.69) is 10.1 Å². The van der Waals surface area contributed by atoms with Crippen LogP contribution in [0.3, 0.4) is 0 Å². The zero-order valence-electron chi connectivity index (χ0n) is 5.50. The highest BCUT2D eigenvalue weighted by Crippen LogP contribution is 2.05. The number of rotatable bonds is 3. The van der Waals surface area contributed by atoms with Crippen LogP contribution >= 0.6 is 8.46 Å². The summed E-state index contributed by atoms with van der Waals surface area (Å²) < 4.78 is 14.7. The van der Waals surface area contributed by atoms with Crippen LogP contribution in [0.5, 0.6) is 0 Å². The van der Waals surface area contributed by atoms with Crippen molar-refractivity contribution in [1.29, 1.82) is 0 Å². The maximum Gasteiger partial charge on any atom is 0.324 e. The van der Waals surface area contributed by atoms with Crippen LogP contribution < -0.4 is 5.32 Å². The van der Waals surface area contributed by atoms with Gasteiger partial charge < -0.3 is 9.30 Å². The monoisotopic (exact) mass is 163 g/mol. The lowest BCUT2D eigenvalue weighted by Crippen LogP contribution is -2.27. The fraction of sp³-hybridized carbons (Fsp3) is 0.800. The largest absolute Gasteiger partial charge is 0.449 e. The minimum Gasteiger partial charge on any atom is -0.449 e. The average Bonchev–Trinajstić information content (AvgIpc) is 2.31. The summed E-state index contributed by atoms with van der Waals surface area (Å²) in [6.07, 6.45) is 1.25. The first-order chi connectivity index (χ1) is 4.84. The molecular weight excluding hydrogens is 153 g/mol. The van der Waals surface area contributed by atoms with Gasteiger partial charge in [-0.25, -0.2) is 0 Å². The van der Waals surface area contributed by atoms with Gasteiger partial charge in [0.05, 0.1) is 8.46 Å². The van der Waals surface area contributed by atoms with Crippen LogP contribution in [-0.2, 0) is 14.1 Å². The number of cyclic esters (lactones) is 1. The van der Waals surface area contributed by atoms with Crippen LogP contribution in [0.2, 0.25) is 0 Å². The van der Waals surface area contributed by atoms with E-state index in [-0.39, 0.29) is 12.0 Å². The van der Waals surface area contributed by atoms with E-state index in [0.717, 1.165) is 0 Å². The van der Waals surface area contributed by atoms with Gasteiger partial charge in [0.25, 0.3) is 0 Å². The van der Waals surface area contributed by atoms with Gasteiger partial charge in [-0.05, 0) is 12.6 Å². The molecule has 4 nitrogen and oxygen atoms in total. The second-order valence-electron chi connectivity index (χ2n) is 2.11. The summed E-state index contributed by atoms with van der Waals surface area (Å²) in [7, 11) is -0.732. The molecule has 1 rings (SSSR count). The first kappa shape index (κ1) is 7.76. The van der Waals surface area contributed by atoms with Gasteiger partial charge in [0.15, 0.2) is 0 Å². The highest BCUT2D eigenvalue weighted by atomic mass is 31.1. The molecule has 10 heavy (non-hydrogen) atoms. The highest BCUT2D eigenvalue weighted by Gasteiger charge is 2.24. The Morgan fingerprint density at radius 1 is 1.80 bits per heavy atom. The van der Waals surface area contributed by atoms with E-state index in [1.54, 1.807) is 0 Å². The molecule has 58 valence electrons. The maximum absolute atomic E-state index is 10.7. The molecule has 0 amide bonds. The average molecular weight is 163 g/mol. The van der Waals surface area contributed by atoms with Crippen LogP contribution in [0.4, 0.5) is 0 Å². The van der Waals surface area contributed by atoms with Crippen molar-refractivity contribution < 1.29 is 14.1 Å². The second-order valence-corrected chi connectivity index (χ2v) is 3.02. The zero-order valence-corrected chi connectivity index (χ0v) is 6.66. The molecule has 1 fully saturated rings. The molecule has 0 aliphatic carbocycles. The normalized spacial score (nSPS) is 26.0. The first-order valence-electron chi connectivity index (χ1n) is 3.18. The Morgan fingerprint density at radius 2 is 2.60 bits per heavy atom. The molecule has 2 atom stereocenters. The molecule has 0 aromatic carbocycles. The van der Waals surface area contributed by atoms with Gasteiger partial charge >= 0.3 is 5.97 Å². The van der Waals surface area contributed by atoms with Crippen LogP contribution in [0.1, 0.15) is 6.42 Å². The summed E-state index contributed by atoms with van der Waals surface area (Å²) >= 11 is 0. The van der Waals surface area contributed by atoms with Crippen molar-refractivity contribution in [2.45, 2.75) is 12.5 Å². The smallest absolute Gasteiger partial charge is 0.324 e. The number of nitrogens with one attached hydrogen (secondary N) is 1. The lowest BCUT2D eigenvalue weighted by Gasteiger charge is -2.00. The number of esters is 1. The molecule has 5 heteroatoms. The lowest BCUT2D eigenvalue weighted by molar-refractivity contribution is -0.139. The Balaban J connectivity index is 2.26. The second kappa shape index (κ2) is 3.74. The zero-order chi connectivity index (χ0) is 7.40. The molecule has 1 heterocycles. The van der Waals surface area contributed by atoms with Gasteiger partial charge in [-0.1, -0.05) is 0 Å². The van der Waals surface area contributed by atoms with E-state index in [9.17, 15) is 9.36 Å². The minimum atomic E-state index is -0.732. The summed E-state index contributed by atoms with van der Waals surface area (Å²) in [4.78, 5) is 10.7. The summed E-state index contributed by atoms with van der Waals surface area (Å²) in [6.45, 7) is 0.303. The Morgan fingerprint density at radius 3 is 3.10 bits per heavy atom. The molecule has 0 aromatic heterocycles. The van der Waals surface area contributed by atoms with Crippen LogP contribution in [-0.4, -0.2) is 24.9 Å². The van der Waals surface area contributed by atoms with E-state index in [0.29, 0.717) is 19.3 Å². The van der Waals surface area contributed by atoms with Gasteiger partial charge in [-0.15, -0.1) is 0 Å². The predicted octanol–water partition coefficient (Wildman–Crippen LogP) is -0.395. The predicted molar refractivity (Wildman–Crippen MR) is 37.8 cm³/mol. The first-order valence-corrected chi connectivity index (χ1v) is 4.47. The van der Waals surface area contributed by atoms with Crippen molar-refractivity contribution in [2.24, 2.45) is 0 Å². The van der Waals surface area contributed by atoms with E-state index < -0.39 is 8.46 Å². The van der Waals surface area contributed by atoms with Gasteiger partial charge in [0.1, 0.15) is 12.8 Å². The quantitative estimate of drug-likeness (QED) is 0.454. The van der Waals surface area contributed by atoms with Crippen molar-refractivity contribution in [1.82, 2.24) is 5.32 Å². The molecule has 1 aliphatic heterocycles. The van der Waals surface area contributed by atoms with Gasteiger partial charge in [-0.3, -0.25) is 10.1 Å². The molecule has 0 spiro atoms. The van der Waals surface area contributed by atoms with E-state index in [1.807, 2.05) is 0 Å². The third-order valence-electron chi connectivity index (χ3n) is 1.40. The molecule has 0 aromatic rings. The van der Waals surface area contributed by atoms with Gasteiger partial charge in [-0.2, -0.15) is 0 Å². The maximum atomic E-state index is 10.7. The molecule has 0 bridgehead atoms. The molecular formula is C5H10NO3P. The van der Waals surface area contributed by atoms with Crippen LogP contribution in [0, 0.1) is 0 Å². The standard InChI is InChI=1S/C5H10NO3P/c7-5-4(1-2-10-8)6-3-9-5/h4,6H,1-3,10H2. The fourth-order valence-corrected chi connectivity index (χ4v) is 1.32. The third kappa shape index (κ3) is 1.82. The third-order valence-corrected chi connectivity index (χ3v) is 1.97. The molecule has 1 saturated heterocycles. The number of hydrogen-bond donors (Lipinski definition) is 1. The number of hydrogen-bond acceptors (Lipinski definition) is 4. The lowest BCUT2D eigenvalue weighted by atomic mass is 10.2. The molecule has 1 aliphatic rings. The SMILES string of the molecule is O=[PH2]CCC1NCOC1=O. The van der Waals surface area contributed by atoms with Crippen molar-refractivity contribution in [2.75, 3.05) is 12.9 Å². The minimum absolute atomic E-state index is 0.207.